The van der Waals surface area contributed by atoms with E-state index in [-0.39, 0.29) is 11.4 Å². The summed E-state index contributed by atoms with van der Waals surface area (Å²) in [6, 6.07) is 7.48. The van der Waals surface area contributed by atoms with E-state index >= 15 is 0 Å². The van der Waals surface area contributed by atoms with Gasteiger partial charge in [0, 0.05) is 10.6 Å². The highest BCUT2D eigenvalue weighted by molar-refractivity contribution is 6.44. The molecule has 0 atom stereocenters. The molecule has 1 heterocycles. The van der Waals surface area contributed by atoms with Crippen LogP contribution in [-0.2, 0) is 0 Å². The molecule has 1 aliphatic carbocycles. The van der Waals surface area contributed by atoms with Crippen molar-refractivity contribution in [3.05, 3.63) is 60.7 Å². The van der Waals surface area contributed by atoms with Crippen molar-refractivity contribution >= 4 is 57.8 Å². The number of aromatic nitrogens is 1. The second kappa shape index (κ2) is 6.67. The lowest BCUT2D eigenvalue weighted by molar-refractivity contribution is 1.22. The number of nitrogens with zero attached hydrogens (tertiary/aromatic N) is 3. The molecule has 0 fully saturated rings. The van der Waals surface area contributed by atoms with Crippen molar-refractivity contribution in [3.63, 3.8) is 0 Å². The molecule has 128 valence electrons. The van der Waals surface area contributed by atoms with Crippen LogP contribution < -0.4 is 5.73 Å². The van der Waals surface area contributed by atoms with E-state index in [2.05, 4.69) is 17.1 Å². The number of fused-ring (bicyclic) bond motifs is 1. The molecule has 1 aromatic heterocycles. The Morgan fingerprint density at radius 1 is 1.12 bits per heavy atom. The van der Waals surface area contributed by atoms with Crippen LogP contribution >= 0.6 is 34.8 Å². The Hall–Kier alpha value is -2.50. The van der Waals surface area contributed by atoms with Crippen LogP contribution in [0.1, 0.15) is 34.9 Å². The highest BCUT2D eigenvalue weighted by Crippen LogP contribution is 2.45. The van der Waals surface area contributed by atoms with Gasteiger partial charge in [-0.2, -0.15) is 10.5 Å². The molecule has 0 amide bonds. The van der Waals surface area contributed by atoms with Gasteiger partial charge in [-0.3, -0.25) is 0 Å². The van der Waals surface area contributed by atoms with Crippen molar-refractivity contribution in [2.75, 3.05) is 5.73 Å². The van der Waals surface area contributed by atoms with Gasteiger partial charge in [0.05, 0.1) is 26.9 Å². The number of allylic oxidation sites excluding steroid dienone is 3. The molecule has 2 N–H and O–H groups in total. The highest BCUT2D eigenvalue weighted by atomic mass is 35.5. The van der Waals surface area contributed by atoms with E-state index in [1.54, 1.807) is 25.1 Å². The Labute approximate surface area is 165 Å². The average molecular weight is 402 g/mol. The molecule has 4 nitrogen and oxygen atoms in total. The molecule has 0 unspecified atom stereocenters. The molecule has 26 heavy (non-hydrogen) atoms. The summed E-state index contributed by atoms with van der Waals surface area (Å²) < 4.78 is 0. The quantitative estimate of drug-likeness (QED) is 0.625. The number of benzene rings is 1. The molecule has 0 aliphatic heterocycles. The maximum atomic E-state index is 9.57. The van der Waals surface area contributed by atoms with E-state index in [9.17, 15) is 10.5 Å². The largest absolute Gasteiger partial charge is 0.383 e. The normalized spacial score (nSPS) is 14.3. The lowest BCUT2D eigenvalue weighted by Crippen LogP contribution is -2.03. The summed E-state index contributed by atoms with van der Waals surface area (Å²) in [4.78, 5) is 4.29. The van der Waals surface area contributed by atoms with E-state index < -0.39 is 0 Å². The van der Waals surface area contributed by atoms with E-state index in [0.717, 1.165) is 11.1 Å². The van der Waals surface area contributed by atoms with Crippen LogP contribution in [0.25, 0.3) is 17.2 Å². The third kappa shape index (κ3) is 2.73. The smallest absolute Gasteiger partial charge is 0.142 e. The molecule has 0 spiro atoms. The summed E-state index contributed by atoms with van der Waals surface area (Å²) in [5, 5.41) is 20.1. The number of nitrogens with two attached hydrogens (primary N) is 1. The van der Waals surface area contributed by atoms with Crippen LogP contribution in [0.4, 0.5) is 5.82 Å². The minimum atomic E-state index is 0.106. The lowest BCUT2D eigenvalue weighted by atomic mass is 9.95. The topological polar surface area (TPSA) is 86.5 Å². The van der Waals surface area contributed by atoms with Gasteiger partial charge in [0.1, 0.15) is 18.0 Å². The van der Waals surface area contributed by atoms with Gasteiger partial charge in [-0.05, 0) is 54.3 Å². The molecule has 1 aliphatic rings. The third-order valence-corrected chi connectivity index (χ3v) is 5.34. The summed E-state index contributed by atoms with van der Waals surface area (Å²) in [7, 11) is 0. The van der Waals surface area contributed by atoms with Gasteiger partial charge in [-0.15, -0.1) is 0 Å². The first-order valence-electron chi connectivity index (χ1n) is 7.48. The van der Waals surface area contributed by atoms with Crippen LogP contribution in [0.2, 0.25) is 15.1 Å². The number of pyridine rings is 1. The zero-order valence-electron chi connectivity index (χ0n) is 13.8. The van der Waals surface area contributed by atoms with Crippen molar-refractivity contribution in [3.8, 4) is 12.1 Å². The van der Waals surface area contributed by atoms with E-state index in [0.29, 0.717) is 43.0 Å². The fraction of sp³-hybridized carbons (Fsp3) is 0.105. The summed E-state index contributed by atoms with van der Waals surface area (Å²) in [6.45, 7) is 3.59. The van der Waals surface area contributed by atoms with Crippen LogP contribution in [-0.4, -0.2) is 4.98 Å². The van der Waals surface area contributed by atoms with Crippen molar-refractivity contribution in [2.45, 2.75) is 13.8 Å². The standard InChI is InChI=1S/C19H11Cl3N4/c1-8-12(4-10-3-11(20)5-15(21)17(10)22)16-9(2)14(7-24)19(25)26-18(16)13(8)6-23/h3-5H,1-2H3,(H2,25,26). The summed E-state index contributed by atoms with van der Waals surface area (Å²) in [5.74, 6) is 0.106. The van der Waals surface area contributed by atoms with Crippen molar-refractivity contribution in [2.24, 2.45) is 0 Å². The van der Waals surface area contributed by atoms with Crippen molar-refractivity contribution < 1.29 is 0 Å². The second-order valence-corrected chi connectivity index (χ2v) is 7.01. The summed E-state index contributed by atoms with van der Waals surface area (Å²) >= 11 is 18.5. The number of halogens is 3. The number of anilines is 1. The van der Waals surface area contributed by atoms with Gasteiger partial charge in [-0.25, -0.2) is 4.98 Å². The average Bonchev–Trinajstić information content (AvgIpc) is 2.84. The van der Waals surface area contributed by atoms with Crippen LogP contribution in [0.15, 0.2) is 17.7 Å². The Kier molecular flexibility index (Phi) is 4.69. The Morgan fingerprint density at radius 3 is 2.42 bits per heavy atom. The number of rotatable bonds is 1. The fourth-order valence-electron chi connectivity index (χ4n) is 3.03. The molecule has 3 rings (SSSR count). The Morgan fingerprint density at radius 2 is 1.81 bits per heavy atom. The van der Waals surface area contributed by atoms with E-state index in [4.69, 9.17) is 40.5 Å². The second-order valence-electron chi connectivity index (χ2n) is 5.79. The number of hydrogen-bond donors (Lipinski definition) is 1. The fourth-order valence-corrected chi connectivity index (χ4v) is 3.70. The van der Waals surface area contributed by atoms with Crippen molar-refractivity contribution in [1.29, 1.82) is 10.5 Å². The van der Waals surface area contributed by atoms with Gasteiger partial charge >= 0.3 is 0 Å². The maximum Gasteiger partial charge on any atom is 0.142 e. The summed E-state index contributed by atoms with van der Waals surface area (Å²) in [6.07, 6.45) is 1.80. The molecular weight excluding hydrogens is 391 g/mol. The number of hydrogen-bond acceptors (Lipinski definition) is 4. The maximum absolute atomic E-state index is 9.57. The lowest BCUT2D eigenvalue weighted by Gasteiger charge is -2.11. The first kappa shape index (κ1) is 18.3. The summed E-state index contributed by atoms with van der Waals surface area (Å²) in [5.41, 5.74) is 10.5. The molecule has 0 bridgehead atoms. The van der Waals surface area contributed by atoms with Gasteiger partial charge in [0.15, 0.2) is 0 Å². The number of nitrogen functional groups attached to an aromatic ring is 1. The monoisotopic (exact) mass is 400 g/mol. The Bertz CT molecular complexity index is 1120. The molecule has 0 saturated heterocycles. The zero-order valence-corrected chi connectivity index (χ0v) is 16.1. The van der Waals surface area contributed by atoms with Gasteiger partial charge < -0.3 is 5.73 Å². The van der Waals surface area contributed by atoms with Crippen LogP contribution in [0.3, 0.4) is 0 Å². The molecule has 1 aromatic carbocycles. The first-order chi connectivity index (χ1) is 12.3. The molecule has 7 heteroatoms. The minimum absolute atomic E-state index is 0.106. The SMILES string of the molecule is CC1=C(C#N)c2nc(N)c(C#N)c(C)c2C1=Cc1cc(Cl)cc(Cl)c1Cl. The van der Waals surface area contributed by atoms with Crippen LogP contribution in [0.5, 0.6) is 0 Å². The van der Waals surface area contributed by atoms with Gasteiger partial charge in [0.25, 0.3) is 0 Å². The predicted molar refractivity (Wildman–Crippen MR) is 106 cm³/mol. The molecule has 0 radical (unpaired) electrons. The van der Waals surface area contributed by atoms with Gasteiger partial charge in [0.2, 0.25) is 0 Å². The zero-order chi connectivity index (χ0) is 19.2. The van der Waals surface area contributed by atoms with E-state index in [1.165, 1.54) is 0 Å². The molecule has 2 aromatic rings. The van der Waals surface area contributed by atoms with Crippen LogP contribution in [0, 0.1) is 29.6 Å². The van der Waals surface area contributed by atoms with Gasteiger partial charge in [-0.1, -0.05) is 34.8 Å². The minimum Gasteiger partial charge on any atom is -0.383 e. The number of nitriles is 2. The first-order valence-corrected chi connectivity index (χ1v) is 8.62. The molecular formula is C19H11Cl3N4. The van der Waals surface area contributed by atoms with E-state index in [1.807, 2.05) is 6.92 Å². The highest BCUT2D eigenvalue weighted by Gasteiger charge is 2.29. The molecule has 0 saturated carbocycles. The Balaban J connectivity index is 2.38. The van der Waals surface area contributed by atoms with Crippen molar-refractivity contribution in [1.82, 2.24) is 4.98 Å². The predicted octanol–water partition coefficient (Wildman–Crippen LogP) is 5.66. The third-order valence-electron chi connectivity index (χ3n) is 4.30.